The number of hydrogen-bond acceptors (Lipinski definition) is 14. The van der Waals surface area contributed by atoms with Gasteiger partial charge in [-0.3, -0.25) is 24.0 Å². The predicted octanol–water partition coefficient (Wildman–Crippen LogP) is 2.02. The topological polar surface area (TPSA) is 198 Å². The van der Waals surface area contributed by atoms with Crippen LogP contribution < -0.4 is 0 Å². The molecule has 3 aliphatic carbocycles. The highest BCUT2D eigenvalue weighted by molar-refractivity contribution is 5.91. The maximum atomic E-state index is 14.0. The fourth-order valence-electron chi connectivity index (χ4n) is 8.97. The van der Waals surface area contributed by atoms with Crippen molar-refractivity contribution in [2.75, 3.05) is 13.2 Å². The van der Waals surface area contributed by atoms with Gasteiger partial charge in [0.1, 0.15) is 42.7 Å². The normalized spacial score (nSPS) is 38.5. The highest BCUT2D eigenvalue weighted by atomic mass is 16.6. The van der Waals surface area contributed by atoms with Gasteiger partial charge in [-0.1, -0.05) is 43.8 Å². The molecule has 276 valence electrons. The molecule has 1 aromatic rings. The van der Waals surface area contributed by atoms with Crippen LogP contribution in [-0.4, -0.2) is 101 Å². The van der Waals surface area contributed by atoms with E-state index in [1.807, 2.05) is 6.07 Å². The van der Waals surface area contributed by atoms with Crippen LogP contribution in [0.1, 0.15) is 59.9 Å². The molecular formula is C37H44O14. The molecule has 4 aliphatic rings. The van der Waals surface area contributed by atoms with Crippen LogP contribution in [0.5, 0.6) is 0 Å². The summed E-state index contributed by atoms with van der Waals surface area (Å²) in [6.45, 7) is 10.5. The zero-order valence-electron chi connectivity index (χ0n) is 29.4. The molecule has 14 nitrogen and oxygen atoms in total. The van der Waals surface area contributed by atoms with Crippen molar-refractivity contribution in [3.63, 3.8) is 0 Å². The maximum absolute atomic E-state index is 14.0. The van der Waals surface area contributed by atoms with E-state index in [-0.39, 0.29) is 25.0 Å². The fraction of sp³-hybridized carbons (Fsp3) is 0.568. The van der Waals surface area contributed by atoms with Gasteiger partial charge in [0.05, 0.1) is 12.0 Å². The number of carbonyl (C=O) groups excluding carboxylic acids is 6. The van der Waals surface area contributed by atoms with Gasteiger partial charge in [-0.25, -0.2) is 4.79 Å². The van der Waals surface area contributed by atoms with E-state index in [2.05, 4.69) is 6.58 Å². The van der Waals surface area contributed by atoms with Gasteiger partial charge in [0.25, 0.3) is 0 Å². The molecule has 4 bridgehead atoms. The first kappa shape index (κ1) is 37.8. The summed E-state index contributed by atoms with van der Waals surface area (Å²) in [5.74, 6) is -7.37. The summed E-state index contributed by atoms with van der Waals surface area (Å²) in [4.78, 5) is 78.5. The number of aliphatic hydroxyl groups excluding tert-OH is 1. The van der Waals surface area contributed by atoms with Gasteiger partial charge in [-0.2, -0.15) is 0 Å². The molecule has 11 atom stereocenters. The third-order valence-electron chi connectivity index (χ3n) is 11.3. The van der Waals surface area contributed by atoms with Crippen molar-refractivity contribution in [2.24, 2.45) is 22.7 Å². The number of ketones is 1. The maximum Gasteiger partial charge on any atom is 0.331 e. The number of hydrogen-bond donors (Lipinski definition) is 2. The molecule has 0 unspecified atom stereocenters. The van der Waals surface area contributed by atoms with Gasteiger partial charge in [-0.15, -0.1) is 0 Å². The summed E-state index contributed by atoms with van der Waals surface area (Å²) in [5, 5.41) is 25.3. The minimum atomic E-state index is -2.50. The smallest absolute Gasteiger partial charge is 0.331 e. The van der Waals surface area contributed by atoms with Crippen LogP contribution in [0.2, 0.25) is 0 Å². The van der Waals surface area contributed by atoms with Crippen LogP contribution in [0.25, 0.3) is 6.08 Å². The van der Waals surface area contributed by atoms with Gasteiger partial charge in [0.15, 0.2) is 11.4 Å². The van der Waals surface area contributed by atoms with Crippen molar-refractivity contribution < 1.29 is 67.4 Å². The Labute approximate surface area is 295 Å². The molecule has 51 heavy (non-hydrogen) atoms. The van der Waals surface area contributed by atoms with E-state index in [0.29, 0.717) is 5.56 Å². The highest BCUT2D eigenvalue weighted by Crippen LogP contribution is 2.67. The Hall–Kier alpha value is -4.40. The molecule has 5 rings (SSSR count). The fourth-order valence-corrected chi connectivity index (χ4v) is 8.97. The van der Waals surface area contributed by atoms with Crippen molar-refractivity contribution in [3.05, 3.63) is 54.1 Å². The molecule has 1 heterocycles. The lowest BCUT2D eigenvalue weighted by Crippen LogP contribution is -2.80. The SMILES string of the molecule is C=C1[C@@H](OC(=O)/C=C/c2ccccc2)C[C@H](OC(C)=O)[C@@]2(COC(C)=O)[C@@H](OC(C)=O)[C@H](O)[C@]3(O)[C@@]4(C)CO[C@]3(C)C(=O)C[C@H]4[C@@H](OC(C)=O)[C@H]12. The van der Waals surface area contributed by atoms with Crippen molar-refractivity contribution in [1.29, 1.82) is 0 Å². The molecule has 3 saturated carbocycles. The molecule has 1 aromatic carbocycles. The van der Waals surface area contributed by atoms with Crippen LogP contribution in [0.15, 0.2) is 48.6 Å². The lowest BCUT2D eigenvalue weighted by atomic mass is 9.43. The number of benzene rings is 1. The van der Waals surface area contributed by atoms with Crippen LogP contribution in [0, 0.1) is 22.7 Å². The number of ether oxygens (including phenoxy) is 6. The first-order valence-electron chi connectivity index (χ1n) is 16.7. The predicted molar refractivity (Wildman–Crippen MR) is 175 cm³/mol. The van der Waals surface area contributed by atoms with E-state index in [0.717, 1.165) is 27.7 Å². The molecule has 2 N–H and O–H groups in total. The second kappa shape index (κ2) is 13.6. The second-order valence-electron chi connectivity index (χ2n) is 14.2. The summed E-state index contributed by atoms with van der Waals surface area (Å²) in [6, 6.07) is 8.92. The minimum Gasteiger partial charge on any atom is -0.465 e. The Balaban J connectivity index is 1.78. The van der Waals surface area contributed by atoms with Crippen LogP contribution in [-0.2, 0) is 57.2 Å². The summed E-state index contributed by atoms with van der Waals surface area (Å²) >= 11 is 0. The van der Waals surface area contributed by atoms with Crippen LogP contribution in [0.3, 0.4) is 0 Å². The van der Waals surface area contributed by atoms with Gasteiger partial charge < -0.3 is 38.6 Å². The molecule has 0 spiro atoms. The first-order valence-corrected chi connectivity index (χ1v) is 16.7. The number of Topliss-reactive ketones (excluding diaryl/α,β-unsaturated/α-hetero) is 1. The summed E-state index contributed by atoms with van der Waals surface area (Å²) in [6.07, 6.45) is -6.22. The number of esters is 5. The summed E-state index contributed by atoms with van der Waals surface area (Å²) < 4.78 is 35.3. The molecule has 1 aliphatic heterocycles. The third-order valence-corrected chi connectivity index (χ3v) is 11.3. The van der Waals surface area contributed by atoms with Crippen molar-refractivity contribution in [3.8, 4) is 0 Å². The molecule has 0 radical (unpaired) electrons. The lowest BCUT2D eigenvalue weighted by Gasteiger charge is -2.64. The zero-order chi connectivity index (χ0) is 37.7. The summed E-state index contributed by atoms with van der Waals surface area (Å²) in [5.41, 5.74) is -7.35. The molecule has 14 heteroatoms. The Kier molecular flexibility index (Phi) is 10.1. The van der Waals surface area contributed by atoms with Crippen molar-refractivity contribution >= 4 is 41.7 Å². The quantitative estimate of drug-likeness (QED) is 0.172. The Morgan fingerprint density at radius 1 is 0.941 bits per heavy atom. The third kappa shape index (κ3) is 6.06. The lowest BCUT2D eigenvalue weighted by molar-refractivity contribution is -0.300. The van der Waals surface area contributed by atoms with Gasteiger partial charge in [0, 0.05) is 63.9 Å². The average molecular weight is 713 g/mol. The van der Waals surface area contributed by atoms with Gasteiger partial charge in [-0.05, 0) is 24.1 Å². The van der Waals surface area contributed by atoms with E-state index >= 15 is 0 Å². The largest absolute Gasteiger partial charge is 0.465 e. The molecule has 0 aromatic heterocycles. The van der Waals surface area contributed by atoms with E-state index in [9.17, 15) is 39.0 Å². The molecular weight excluding hydrogens is 668 g/mol. The molecule has 4 fully saturated rings. The number of rotatable bonds is 8. The minimum absolute atomic E-state index is 0.0661. The van der Waals surface area contributed by atoms with Gasteiger partial charge in [0.2, 0.25) is 0 Å². The standard InChI is InChI=1S/C37H44O14/c1-19-26(51-29(43)14-13-24-11-9-8-10-12-24)16-28(48-21(3)39)36(18-46-20(2)38)30(19)31(49-22(4)40)25-15-27(42)35(7)37(45,34(25,6)17-47-35)32(44)33(36)50-23(5)41/h8-14,25-26,28,30-33,44-45H,1,15-18H2,2-7H3/b14-13+/t25-,26-,28-,30-,31+,32-,33-,34-,35+,36+,37-/m0/s1. The Morgan fingerprint density at radius 3 is 2.16 bits per heavy atom. The monoisotopic (exact) mass is 712 g/mol. The average Bonchev–Trinajstić information content (AvgIpc) is 3.20. The number of carbonyl (C=O) groups is 6. The van der Waals surface area contributed by atoms with E-state index < -0.39 is 107 Å². The van der Waals surface area contributed by atoms with E-state index in [4.69, 9.17) is 28.4 Å². The number of fused-ring (bicyclic) bond motifs is 1. The number of aliphatic hydroxyl groups is 2. The van der Waals surface area contributed by atoms with Crippen molar-refractivity contribution in [2.45, 2.75) is 96.1 Å². The van der Waals surface area contributed by atoms with Crippen molar-refractivity contribution in [1.82, 2.24) is 0 Å². The zero-order valence-corrected chi connectivity index (χ0v) is 29.4. The van der Waals surface area contributed by atoms with Crippen LogP contribution in [0.4, 0.5) is 0 Å². The first-order chi connectivity index (χ1) is 23.8. The second-order valence-corrected chi connectivity index (χ2v) is 14.2. The van der Waals surface area contributed by atoms with E-state index in [1.54, 1.807) is 31.2 Å². The van der Waals surface area contributed by atoms with E-state index in [1.165, 1.54) is 19.1 Å². The Bertz CT molecular complexity index is 1650. The summed E-state index contributed by atoms with van der Waals surface area (Å²) in [7, 11) is 0. The van der Waals surface area contributed by atoms with Crippen LogP contribution >= 0.6 is 0 Å². The molecule has 0 amide bonds. The van der Waals surface area contributed by atoms with Gasteiger partial charge >= 0.3 is 29.8 Å². The Morgan fingerprint density at radius 2 is 1.57 bits per heavy atom. The molecule has 1 saturated heterocycles. The highest BCUT2D eigenvalue weighted by Gasteiger charge is 2.82.